The van der Waals surface area contributed by atoms with Gasteiger partial charge in [0.25, 0.3) is 5.56 Å². The van der Waals surface area contributed by atoms with Crippen LogP contribution in [-0.2, 0) is 11.3 Å². The number of methoxy groups -OCH3 is 1. The molecule has 0 atom stereocenters. The first kappa shape index (κ1) is 14.6. The van der Waals surface area contributed by atoms with E-state index in [0.29, 0.717) is 12.3 Å². The lowest BCUT2D eigenvalue weighted by atomic mass is 10.1. The number of carboxylic acids is 1. The second-order valence-corrected chi connectivity index (χ2v) is 4.41. The van der Waals surface area contributed by atoms with Gasteiger partial charge in [0.05, 0.1) is 13.7 Å². The van der Waals surface area contributed by atoms with Gasteiger partial charge in [0, 0.05) is 23.9 Å². The monoisotopic (exact) mass is 285 g/mol. The molecule has 0 amide bonds. The number of carbonyl (C=O) groups is 1. The van der Waals surface area contributed by atoms with Gasteiger partial charge >= 0.3 is 5.97 Å². The fraction of sp³-hybridized carbons (Fsp3) is 0.125. The number of benzene rings is 1. The highest BCUT2D eigenvalue weighted by Gasteiger charge is 2.05. The molecule has 0 bridgehead atoms. The van der Waals surface area contributed by atoms with Gasteiger partial charge in [-0.3, -0.25) is 4.79 Å². The zero-order chi connectivity index (χ0) is 15.2. The molecule has 108 valence electrons. The Labute approximate surface area is 121 Å². The van der Waals surface area contributed by atoms with Crippen molar-refractivity contribution in [2.24, 2.45) is 0 Å². The number of pyridine rings is 1. The van der Waals surface area contributed by atoms with Gasteiger partial charge in [0.2, 0.25) is 0 Å². The lowest BCUT2D eigenvalue weighted by Crippen LogP contribution is -2.18. The fourth-order valence-corrected chi connectivity index (χ4v) is 1.97. The maximum absolute atomic E-state index is 11.8. The van der Waals surface area contributed by atoms with Crippen LogP contribution < -0.4 is 10.3 Å². The average Bonchev–Trinajstić information content (AvgIpc) is 2.47. The quantitative estimate of drug-likeness (QED) is 0.853. The Morgan fingerprint density at radius 3 is 2.81 bits per heavy atom. The predicted octanol–water partition coefficient (Wildman–Crippen LogP) is 2.00. The summed E-state index contributed by atoms with van der Waals surface area (Å²) in [7, 11) is 1.55. The van der Waals surface area contributed by atoms with Crippen LogP contribution in [0.2, 0.25) is 0 Å². The summed E-state index contributed by atoms with van der Waals surface area (Å²) in [5, 5.41) is 8.66. The molecule has 21 heavy (non-hydrogen) atoms. The van der Waals surface area contributed by atoms with Crippen LogP contribution in [0.3, 0.4) is 0 Å². The topological polar surface area (TPSA) is 68.5 Å². The van der Waals surface area contributed by atoms with E-state index in [2.05, 4.69) is 0 Å². The number of rotatable bonds is 5. The number of ether oxygens (including phenoxy) is 1. The minimum absolute atomic E-state index is 0.106. The van der Waals surface area contributed by atoms with Gasteiger partial charge in [-0.1, -0.05) is 12.1 Å². The average molecular weight is 285 g/mol. The second kappa shape index (κ2) is 6.56. The minimum Gasteiger partial charge on any atom is -0.496 e. The standard InChI is InChI=1S/C16H15NO4/c1-21-14-7-5-12(6-8-16(19)20)10-13(14)11-17-9-3-2-4-15(17)18/h2-10H,11H2,1H3,(H,19,20). The lowest BCUT2D eigenvalue weighted by molar-refractivity contribution is -0.131. The molecule has 0 aliphatic rings. The van der Waals surface area contributed by atoms with Gasteiger partial charge in [0.1, 0.15) is 5.75 Å². The third-order valence-corrected chi connectivity index (χ3v) is 2.96. The third kappa shape index (κ3) is 3.82. The van der Waals surface area contributed by atoms with Crippen LogP contribution in [0.25, 0.3) is 6.08 Å². The van der Waals surface area contributed by atoms with Crippen LogP contribution in [-0.4, -0.2) is 22.8 Å². The largest absolute Gasteiger partial charge is 0.496 e. The molecule has 0 saturated heterocycles. The highest BCUT2D eigenvalue weighted by Crippen LogP contribution is 2.21. The molecule has 0 spiro atoms. The molecule has 5 heteroatoms. The minimum atomic E-state index is -1.01. The summed E-state index contributed by atoms with van der Waals surface area (Å²) in [6.07, 6.45) is 4.26. The molecule has 0 unspecified atom stereocenters. The Morgan fingerprint density at radius 1 is 1.33 bits per heavy atom. The highest BCUT2D eigenvalue weighted by atomic mass is 16.5. The Morgan fingerprint density at radius 2 is 2.14 bits per heavy atom. The Balaban J connectivity index is 2.36. The number of carboxylic acid groups (broad SMARTS) is 1. The molecular formula is C16H15NO4. The second-order valence-electron chi connectivity index (χ2n) is 4.41. The van der Waals surface area contributed by atoms with Gasteiger partial charge in [-0.15, -0.1) is 0 Å². The Bertz CT molecular complexity index is 731. The summed E-state index contributed by atoms with van der Waals surface area (Å²) in [4.78, 5) is 22.3. The molecule has 0 fully saturated rings. The summed E-state index contributed by atoms with van der Waals surface area (Å²) in [5.74, 6) is -0.357. The van der Waals surface area contributed by atoms with E-state index in [0.717, 1.165) is 17.2 Å². The molecule has 1 heterocycles. The van der Waals surface area contributed by atoms with Crippen molar-refractivity contribution in [1.82, 2.24) is 4.57 Å². The van der Waals surface area contributed by atoms with Crippen LogP contribution in [0.4, 0.5) is 0 Å². The number of nitrogens with zero attached hydrogens (tertiary/aromatic N) is 1. The Kier molecular flexibility index (Phi) is 4.56. The molecule has 0 saturated carbocycles. The van der Waals surface area contributed by atoms with E-state index in [-0.39, 0.29) is 5.56 Å². The first-order valence-corrected chi connectivity index (χ1v) is 6.33. The number of hydrogen-bond donors (Lipinski definition) is 1. The SMILES string of the molecule is COc1ccc(C=CC(=O)O)cc1Cn1ccccc1=O. The van der Waals surface area contributed by atoms with Crippen molar-refractivity contribution in [2.45, 2.75) is 6.54 Å². The van der Waals surface area contributed by atoms with E-state index < -0.39 is 5.97 Å². The summed E-state index contributed by atoms with van der Waals surface area (Å²) in [6.45, 7) is 0.359. The first-order valence-electron chi connectivity index (χ1n) is 6.33. The molecule has 2 rings (SSSR count). The summed E-state index contributed by atoms with van der Waals surface area (Å²) >= 11 is 0. The van der Waals surface area contributed by atoms with Crippen LogP contribution in [0, 0.1) is 0 Å². The van der Waals surface area contributed by atoms with Gasteiger partial charge < -0.3 is 14.4 Å². The molecule has 1 aromatic carbocycles. The van der Waals surface area contributed by atoms with E-state index in [4.69, 9.17) is 9.84 Å². The molecule has 5 nitrogen and oxygen atoms in total. The van der Waals surface area contributed by atoms with E-state index in [1.165, 1.54) is 12.1 Å². The lowest BCUT2D eigenvalue weighted by Gasteiger charge is -2.11. The molecule has 0 radical (unpaired) electrons. The van der Waals surface area contributed by atoms with Gasteiger partial charge in [-0.25, -0.2) is 4.79 Å². The number of aromatic nitrogens is 1. The number of hydrogen-bond acceptors (Lipinski definition) is 3. The van der Waals surface area contributed by atoms with E-state index in [9.17, 15) is 9.59 Å². The molecule has 1 aromatic heterocycles. The van der Waals surface area contributed by atoms with Gasteiger partial charge in [-0.2, -0.15) is 0 Å². The van der Waals surface area contributed by atoms with Crippen molar-refractivity contribution >= 4 is 12.0 Å². The van der Waals surface area contributed by atoms with Crippen LogP contribution in [0.15, 0.2) is 53.5 Å². The van der Waals surface area contributed by atoms with Crippen molar-refractivity contribution in [3.63, 3.8) is 0 Å². The van der Waals surface area contributed by atoms with Crippen molar-refractivity contribution < 1.29 is 14.6 Å². The summed E-state index contributed by atoms with van der Waals surface area (Å²) < 4.78 is 6.84. The van der Waals surface area contributed by atoms with E-state index in [1.807, 2.05) is 0 Å². The van der Waals surface area contributed by atoms with Crippen molar-refractivity contribution in [2.75, 3.05) is 7.11 Å². The highest BCUT2D eigenvalue weighted by molar-refractivity contribution is 5.85. The maximum Gasteiger partial charge on any atom is 0.328 e. The Hall–Kier alpha value is -2.82. The summed E-state index contributed by atoms with van der Waals surface area (Å²) in [6, 6.07) is 10.3. The summed E-state index contributed by atoms with van der Waals surface area (Å²) in [5.41, 5.74) is 1.43. The molecule has 1 N–H and O–H groups in total. The molecule has 0 aliphatic carbocycles. The normalized spacial score (nSPS) is 10.7. The van der Waals surface area contributed by atoms with Crippen molar-refractivity contribution in [1.29, 1.82) is 0 Å². The first-order chi connectivity index (χ1) is 10.1. The van der Waals surface area contributed by atoms with Gasteiger partial charge in [-0.05, 0) is 29.8 Å². The van der Waals surface area contributed by atoms with Crippen molar-refractivity contribution in [3.8, 4) is 5.75 Å². The zero-order valence-electron chi connectivity index (χ0n) is 11.5. The maximum atomic E-state index is 11.8. The third-order valence-electron chi connectivity index (χ3n) is 2.96. The zero-order valence-corrected chi connectivity index (χ0v) is 11.5. The molecule has 2 aromatic rings. The predicted molar refractivity (Wildman–Crippen MR) is 79.5 cm³/mol. The smallest absolute Gasteiger partial charge is 0.328 e. The number of aliphatic carboxylic acids is 1. The molecule has 0 aliphatic heterocycles. The van der Waals surface area contributed by atoms with Crippen molar-refractivity contribution in [3.05, 3.63) is 70.2 Å². The fourth-order valence-electron chi connectivity index (χ4n) is 1.97. The van der Waals surface area contributed by atoms with Crippen LogP contribution >= 0.6 is 0 Å². The van der Waals surface area contributed by atoms with Gasteiger partial charge in [0.15, 0.2) is 0 Å². The van der Waals surface area contributed by atoms with E-state index >= 15 is 0 Å². The van der Waals surface area contributed by atoms with E-state index in [1.54, 1.807) is 48.2 Å². The van der Waals surface area contributed by atoms with Crippen LogP contribution in [0.5, 0.6) is 5.75 Å². The molecular weight excluding hydrogens is 270 g/mol. The van der Waals surface area contributed by atoms with Crippen LogP contribution in [0.1, 0.15) is 11.1 Å².